The summed E-state index contributed by atoms with van der Waals surface area (Å²) in [5.41, 5.74) is 5.45. The number of aryl methyl sites for hydroxylation is 2. The van der Waals surface area contributed by atoms with Gasteiger partial charge in [0.2, 0.25) is 0 Å². The summed E-state index contributed by atoms with van der Waals surface area (Å²) in [4.78, 5) is 27.8. The van der Waals surface area contributed by atoms with Crippen molar-refractivity contribution in [2.24, 2.45) is 0 Å². The topological polar surface area (TPSA) is 54.3 Å². The van der Waals surface area contributed by atoms with E-state index in [1.165, 1.54) is 0 Å². The molecule has 1 aliphatic rings. The summed E-state index contributed by atoms with van der Waals surface area (Å²) in [5, 5.41) is 3.14. The van der Waals surface area contributed by atoms with E-state index in [2.05, 4.69) is 25.8 Å². The molecule has 3 aromatic rings. The molecule has 0 atom stereocenters. The van der Waals surface area contributed by atoms with Crippen molar-refractivity contribution in [1.82, 2.24) is 14.8 Å². The molecule has 0 radical (unpaired) electrons. The number of hydrogen-bond acceptors (Lipinski definition) is 2. The second-order valence-corrected chi connectivity index (χ2v) is 9.37. The van der Waals surface area contributed by atoms with Gasteiger partial charge < -0.3 is 14.8 Å². The van der Waals surface area contributed by atoms with E-state index >= 15 is 0 Å². The van der Waals surface area contributed by atoms with Crippen LogP contribution in [-0.2, 0) is 0 Å². The van der Waals surface area contributed by atoms with Crippen LogP contribution in [0.2, 0.25) is 0 Å². The van der Waals surface area contributed by atoms with Gasteiger partial charge >= 0.3 is 0 Å². The predicted molar refractivity (Wildman–Crippen MR) is 131 cm³/mol. The molecule has 4 rings (SSSR count). The second kappa shape index (κ2) is 9.33. The van der Waals surface area contributed by atoms with E-state index in [1.54, 1.807) is 0 Å². The lowest BCUT2D eigenvalue weighted by atomic mass is 10.0. The highest BCUT2D eigenvalue weighted by Gasteiger charge is 2.27. The van der Waals surface area contributed by atoms with E-state index in [1.807, 2.05) is 80.3 Å². The van der Waals surface area contributed by atoms with Crippen LogP contribution in [0.5, 0.6) is 0 Å². The minimum atomic E-state index is -0.0362. The van der Waals surface area contributed by atoms with E-state index in [9.17, 15) is 9.59 Å². The Hall–Kier alpha value is -2.86. The van der Waals surface area contributed by atoms with Crippen molar-refractivity contribution in [3.8, 4) is 5.69 Å². The van der Waals surface area contributed by atoms with Crippen LogP contribution < -0.4 is 5.32 Å². The molecule has 0 unspecified atom stereocenters. The Morgan fingerprint density at radius 2 is 1.59 bits per heavy atom. The number of nitrogens with one attached hydrogen (secondary N) is 1. The Labute approximate surface area is 197 Å². The van der Waals surface area contributed by atoms with Crippen LogP contribution in [0, 0.1) is 20.8 Å². The highest BCUT2D eigenvalue weighted by atomic mass is 79.9. The first-order valence-electron chi connectivity index (χ1n) is 11.0. The van der Waals surface area contributed by atoms with Crippen molar-refractivity contribution in [2.45, 2.75) is 39.7 Å². The van der Waals surface area contributed by atoms with Crippen LogP contribution in [0.3, 0.4) is 0 Å². The fourth-order valence-corrected chi connectivity index (χ4v) is 4.72. The maximum atomic E-state index is 13.3. The zero-order valence-electron chi connectivity index (χ0n) is 18.7. The van der Waals surface area contributed by atoms with Crippen molar-refractivity contribution in [3.05, 3.63) is 87.1 Å². The highest BCUT2D eigenvalue weighted by molar-refractivity contribution is 9.10. The minimum Gasteiger partial charge on any atom is -0.349 e. The van der Waals surface area contributed by atoms with Gasteiger partial charge in [-0.1, -0.05) is 34.1 Å². The Morgan fingerprint density at radius 1 is 0.938 bits per heavy atom. The fourth-order valence-electron chi connectivity index (χ4n) is 4.45. The van der Waals surface area contributed by atoms with Crippen molar-refractivity contribution in [3.63, 3.8) is 0 Å². The van der Waals surface area contributed by atoms with E-state index in [0.29, 0.717) is 18.7 Å². The summed E-state index contributed by atoms with van der Waals surface area (Å²) in [6, 6.07) is 17.8. The quantitative estimate of drug-likeness (QED) is 0.542. The smallest absolute Gasteiger partial charge is 0.255 e. The first-order valence-corrected chi connectivity index (χ1v) is 11.7. The third-order valence-corrected chi connectivity index (χ3v) is 6.78. The van der Waals surface area contributed by atoms with E-state index in [4.69, 9.17) is 0 Å². The second-order valence-electron chi connectivity index (χ2n) is 8.45. The molecule has 1 aliphatic heterocycles. The molecule has 2 amide bonds. The van der Waals surface area contributed by atoms with Gasteiger partial charge in [-0.3, -0.25) is 9.59 Å². The van der Waals surface area contributed by atoms with Crippen LogP contribution in [0.1, 0.15) is 50.5 Å². The molecule has 32 heavy (non-hydrogen) atoms. The number of rotatable bonds is 4. The summed E-state index contributed by atoms with van der Waals surface area (Å²) in [6.07, 6.45) is 1.52. The molecule has 2 heterocycles. The Kier molecular flexibility index (Phi) is 6.51. The molecular formula is C26H28BrN3O2. The number of aromatic nitrogens is 1. The number of carbonyl (C=O) groups excluding carboxylic acids is 2. The summed E-state index contributed by atoms with van der Waals surface area (Å²) in [6.45, 7) is 7.25. The lowest BCUT2D eigenvalue weighted by Crippen LogP contribution is -2.46. The van der Waals surface area contributed by atoms with Crippen LogP contribution >= 0.6 is 15.9 Å². The molecule has 6 heteroatoms. The molecule has 0 saturated carbocycles. The first kappa shape index (κ1) is 22.3. The molecule has 0 bridgehead atoms. The van der Waals surface area contributed by atoms with Gasteiger partial charge in [-0.15, -0.1) is 0 Å². The average molecular weight is 494 g/mol. The van der Waals surface area contributed by atoms with Crippen molar-refractivity contribution < 1.29 is 9.59 Å². The number of benzene rings is 2. The van der Waals surface area contributed by atoms with Gasteiger partial charge in [-0.05, 0) is 75.6 Å². The van der Waals surface area contributed by atoms with Gasteiger partial charge in [-0.2, -0.15) is 0 Å². The Balaban J connectivity index is 1.42. The molecule has 5 nitrogen and oxygen atoms in total. The summed E-state index contributed by atoms with van der Waals surface area (Å²) in [5.74, 6) is 0.0241. The normalized spacial score (nSPS) is 14.4. The minimum absolute atomic E-state index is 0.0362. The van der Waals surface area contributed by atoms with E-state index in [-0.39, 0.29) is 17.9 Å². The highest BCUT2D eigenvalue weighted by Crippen LogP contribution is 2.24. The van der Waals surface area contributed by atoms with Crippen LogP contribution in [0.15, 0.2) is 59.1 Å². The SMILES string of the molecule is Cc1ccccc1C(=O)NC1CCN(C(=O)c2cc(C)n(-c3ccc(Br)cc3)c2C)CC1. The van der Waals surface area contributed by atoms with Crippen LogP contribution in [0.25, 0.3) is 5.69 Å². The average Bonchev–Trinajstić information content (AvgIpc) is 3.08. The third kappa shape index (κ3) is 4.51. The monoisotopic (exact) mass is 493 g/mol. The number of nitrogens with zero attached hydrogens (tertiary/aromatic N) is 2. The standard InChI is InChI=1S/C26H28BrN3O2/c1-17-6-4-5-7-23(17)25(31)28-21-12-14-29(15-13-21)26(32)24-16-18(2)30(19(24)3)22-10-8-20(27)9-11-22/h4-11,16,21H,12-15H2,1-3H3,(H,28,31). The number of piperidine rings is 1. The molecule has 1 N–H and O–H groups in total. The molecule has 0 spiro atoms. The molecule has 1 fully saturated rings. The molecule has 1 aromatic heterocycles. The van der Waals surface area contributed by atoms with Crippen molar-refractivity contribution in [2.75, 3.05) is 13.1 Å². The summed E-state index contributed by atoms with van der Waals surface area (Å²) in [7, 11) is 0. The maximum absolute atomic E-state index is 13.3. The van der Waals surface area contributed by atoms with E-state index < -0.39 is 0 Å². The molecule has 166 valence electrons. The number of carbonyl (C=O) groups is 2. The fraction of sp³-hybridized carbons (Fsp3) is 0.308. The molecule has 2 aromatic carbocycles. The Morgan fingerprint density at radius 3 is 2.25 bits per heavy atom. The van der Waals surface area contributed by atoms with Crippen LogP contribution in [0.4, 0.5) is 0 Å². The van der Waals surface area contributed by atoms with Gasteiger partial charge in [0, 0.05) is 46.2 Å². The third-order valence-electron chi connectivity index (χ3n) is 6.25. The Bertz CT molecular complexity index is 1140. The largest absolute Gasteiger partial charge is 0.349 e. The summed E-state index contributed by atoms with van der Waals surface area (Å²) >= 11 is 3.48. The lowest BCUT2D eigenvalue weighted by Gasteiger charge is -2.32. The number of amides is 2. The molecular weight excluding hydrogens is 466 g/mol. The van der Waals surface area contributed by atoms with Gasteiger partial charge in [0.1, 0.15) is 0 Å². The lowest BCUT2D eigenvalue weighted by molar-refractivity contribution is 0.0697. The van der Waals surface area contributed by atoms with Crippen LogP contribution in [-0.4, -0.2) is 40.4 Å². The van der Waals surface area contributed by atoms with Gasteiger partial charge in [-0.25, -0.2) is 0 Å². The number of likely N-dealkylation sites (tertiary alicyclic amines) is 1. The van der Waals surface area contributed by atoms with Gasteiger partial charge in [0.05, 0.1) is 5.56 Å². The van der Waals surface area contributed by atoms with Gasteiger partial charge in [0.15, 0.2) is 0 Å². The number of hydrogen-bond donors (Lipinski definition) is 1. The molecule has 0 aliphatic carbocycles. The predicted octanol–water partition coefficient (Wildman–Crippen LogP) is 5.20. The van der Waals surface area contributed by atoms with Gasteiger partial charge in [0.25, 0.3) is 11.8 Å². The first-order chi connectivity index (χ1) is 15.3. The van der Waals surface area contributed by atoms with Crippen molar-refractivity contribution in [1.29, 1.82) is 0 Å². The van der Waals surface area contributed by atoms with Crippen molar-refractivity contribution >= 4 is 27.7 Å². The van der Waals surface area contributed by atoms with E-state index in [0.717, 1.165) is 45.5 Å². The maximum Gasteiger partial charge on any atom is 0.255 e. The molecule has 1 saturated heterocycles. The number of halogens is 1. The summed E-state index contributed by atoms with van der Waals surface area (Å²) < 4.78 is 3.15. The zero-order chi connectivity index (χ0) is 22.8. The zero-order valence-corrected chi connectivity index (χ0v) is 20.3.